The zero-order valence-corrected chi connectivity index (χ0v) is 17.1. The van der Waals surface area contributed by atoms with Gasteiger partial charge in [-0.25, -0.2) is 17.6 Å². The highest BCUT2D eigenvalue weighted by Gasteiger charge is 2.38. The molecule has 0 bridgehead atoms. The van der Waals surface area contributed by atoms with Crippen LogP contribution in [0.3, 0.4) is 0 Å². The monoisotopic (exact) mass is 429 g/mol. The molecule has 0 spiro atoms. The minimum Gasteiger partial charge on any atom is -0.390 e. The molecular weight excluding hydrogens is 405 g/mol. The lowest BCUT2D eigenvalue weighted by atomic mass is 10.1. The molecule has 0 unspecified atom stereocenters. The predicted molar refractivity (Wildman–Crippen MR) is 92.9 cm³/mol. The third-order valence-corrected chi connectivity index (χ3v) is 6.16. The van der Waals surface area contributed by atoms with Crippen LogP contribution in [0.5, 0.6) is 0 Å². The summed E-state index contributed by atoms with van der Waals surface area (Å²) in [6.07, 6.45) is -0.333. The van der Waals surface area contributed by atoms with Gasteiger partial charge in [-0.3, -0.25) is 4.79 Å². The summed E-state index contributed by atoms with van der Waals surface area (Å²) in [5.74, 6) is -9.68. The summed E-state index contributed by atoms with van der Waals surface area (Å²) >= 11 is 0. The Kier molecular flexibility index (Phi) is 8.99. The van der Waals surface area contributed by atoms with E-state index in [1.807, 2.05) is 0 Å². The molecule has 5 nitrogen and oxygen atoms in total. The summed E-state index contributed by atoms with van der Waals surface area (Å²) in [5, 5.41) is -0.428. The average molecular weight is 429 g/mol. The number of rotatable bonds is 10. The van der Waals surface area contributed by atoms with Crippen molar-refractivity contribution in [1.29, 1.82) is 0 Å². The van der Waals surface area contributed by atoms with Crippen LogP contribution in [-0.4, -0.2) is 43.4 Å². The Morgan fingerprint density at radius 1 is 1.04 bits per heavy atom. The maximum absolute atomic E-state index is 13.9. The summed E-state index contributed by atoms with van der Waals surface area (Å²) in [6.45, 7) is 6.35. The van der Waals surface area contributed by atoms with Crippen molar-refractivity contribution in [3.05, 3.63) is 34.9 Å². The zero-order valence-electron chi connectivity index (χ0n) is 16.1. The number of amides is 1. The second kappa shape index (κ2) is 10.3. The maximum atomic E-state index is 13.9. The van der Waals surface area contributed by atoms with Crippen LogP contribution in [0.25, 0.3) is 0 Å². The van der Waals surface area contributed by atoms with E-state index in [2.05, 4.69) is 0 Å². The molecule has 1 aromatic rings. The second-order valence-electron chi connectivity index (χ2n) is 6.74. The van der Waals surface area contributed by atoms with Gasteiger partial charge in [-0.05, 0) is 46.6 Å². The van der Waals surface area contributed by atoms with Gasteiger partial charge in [0.05, 0.1) is 12.1 Å². The van der Waals surface area contributed by atoms with E-state index in [9.17, 15) is 31.6 Å². The third kappa shape index (κ3) is 6.80. The first-order chi connectivity index (χ1) is 12.9. The summed E-state index contributed by atoms with van der Waals surface area (Å²) in [5.41, 5.74) is -1.25. The van der Waals surface area contributed by atoms with Crippen LogP contribution in [0.15, 0.2) is 6.07 Å². The first-order valence-electron chi connectivity index (χ1n) is 8.76. The lowest BCUT2D eigenvalue weighted by molar-refractivity contribution is 0.0177. The van der Waals surface area contributed by atoms with Gasteiger partial charge < -0.3 is 13.6 Å². The highest BCUT2D eigenvalue weighted by Crippen LogP contribution is 2.22. The molecule has 0 heterocycles. The molecule has 0 aliphatic heterocycles. The van der Waals surface area contributed by atoms with E-state index in [1.165, 1.54) is 0 Å². The van der Waals surface area contributed by atoms with Crippen molar-refractivity contribution in [2.45, 2.75) is 58.8 Å². The molecule has 0 atom stereocenters. The molecule has 0 aliphatic rings. The molecular formula is C17H24F5NO4Si. The average Bonchev–Trinajstić information content (AvgIpc) is 2.57. The topological polar surface area (TPSA) is 59.0 Å². The Labute approximate surface area is 161 Å². The van der Waals surface area contributed by atoms with E-state index in [4.69, 9.17) is 8.85 Å². The molecule has 0 saturated carbocycles. The third-order valence-electron chi connectivity index (χ3n) is 3.49. The summed E-state index contributed by atoms with van der Waals surface area (Å²) in [6, 6.07) is 0.195. The molecule has 1 aromatic carbocycles. The molecule has 11 heteroatoms. The summed E-state index contributed by atoms with van der Waals surface area (Å²) in [4.78, 5) is 22.3. The van der Waals surface area contributed by atoms with Crippen LogP contribution in [0.2, 0.25) is 6.04 Å². The number of hydrogen-bond acceptors (Lipinski definition) is 4. The maximum Gasteiger partial charge on any atom is 0.498 e. The van der Waals surface area contributed by atoms with Gasteiger partial charge in [-0.15, -0.1) is 0 Å². The van der Waals surface area contributed by atoms with Gasteiger partial charge >= 0.3 is 8.80 Å². The fourth-order valence-corrected chi connectivity index (χ4v) is 4.90. The number of unbranched alkanes of at least 4 members (excludes halogenated alkanes) is 1. The first-order valence-corrected chi connectivity index (χ1v) is 10.7. The van der Waals surface area contributed by atoms with Crippen molar-refractivity contribution in [3.8, 4) is 0 Å². The highest BCUT2D eigenvalue weighted by molar-refractivity contribution is 6.59. The van der Waals surface area contributed by atoms with E-state index >= 15 is 0 Å². The zero-order chi connectivity index (χ0) is 21.6. The van der Waals surface area contributed by atoms with Gasteiger partial charge in [0, 0.05) is 18.3 Å². The first kappa shape index (κ1) is 24.5. The minimum atomic E-state index is -3.50. The Morgan fingerprint density at radius 2 is 1.57 bits per heavy atom. The molecule has 28 heavy (non-hydrogen) atoms. The van der Waals surface area contributed by atoms with Crippen molar-refractivity contribution >= 4 is 14.7 Å². The quantitative estimate of drug-likeness (QED) is 0.152. The normalized spacial score (nSPS) is 12.1. The van der Waals surface area contributed by atoms with Gasteiger partial charge in [0.2, 0.25) is 0 Å². The van der Waals surface area contributed by atoms with Crippen molar-refractivity contribution in [3.63, 3.8) is 0 Å². The van der Waals surface area contributed by atoms with Crippen LogP contribution >= 0.6 is 0 Å². The fraction of sp³-hybridized carbons (Fsp3) is 0.588. The van der Waals surface area contributed by atoms with E-state index in [-0.39, 0.29) is 37.2 Å². The molecule has 1 N–H and O–H groups in total. The molecule has 0 aromatic heterocycles. The smallest absolute Gasteiger partial charge is 0.390 e. The second-order valence-corrected chi connectivity index (χ2v) is 9.14. The van der Waals surface area contributed by atoms with E-state index in [0.29, 0.717) is 0 Å². The van der Waals surface area contributed by atoms with Crippen LogP contribution in [0.4, 0.5) is 22.0 Å². The van der Waals surface area contributed by atoms with Gasteiger partial charge in [-0.2, -0.15) is 5.12 Å². The number of benzene rings is 1. The Hall–Kier alpha value is -1.56. The van der Waals surface area contributed by atoms with Crippen molar-refractivity contribution in [2.24, 2.45) is 0 Å². The lowest BCUT2D eigenvalue weighted by Gasteiger charge is -2.28. The van der Waals surface area contributed by atoms with E-state index < -0.39 is 55.2 Å². The number of carbonyl (C=O) groups is 1. The fourth-order valence-electron chi connectivity index (χ4n) is 2.44. The van der Waals surface area contributed by atoms with Crippen molar-refractivity contribution in [1.82, 2.24) is 5.12 Å². The predicted octanol–water partition coefficient (Wildman–Crippen LogP) is 4.13. The van der Waals surface area contributed by atoms with Crippen molar-refractivity contribution < 1.29 is 40.5 Å². The number of hydrogen-bond donors (Lipinski definition) is 1. The Morgan fingerprint density at radius 3 is 2.07 bits per heavy atom. The highest BCUT2D eigenvalue weighted by atomic mass is 28.4. The van der Waals surface area contributed by atoms with Gasteiger partial charge in [0.1, 0.15) is 0 Å². The van der Waals surface area contributed by atoms with Crippen LogP contribution in [0.1, 0.15) is 50.9 Å². The largest absolute Gasteiger partial charge is 0.498 e. The van der Waals surface area contributed by atoms with Crippen molar-refractivity contribution in [2.75, 3.05) is 6.54 Å². The lowest BCUT2D eigenvalue weighted by Crippen LogP contribution is -2.46. The molecule has 1 rings (SSSR count). The molecule has 0 aliphatic carbocycles. The van der Waals surface area contributed by atoms with E-state index in [0.717, 1.165) is 0 Å². The molecule has 0 saturated heterocycles. The van der Waals surface area contributed by atoms with E-state index in [1.54, 1.807) is 27.7 Å². The number of halogens is 5. The molecule has 0 radical (unpaired) electrons. The SMILES string of the molecule is CC(C)O[Si](O)(CCCCN(F)C(=O)c1cc(F)c(F)c(F)c1F)OC(C)C. The number of nitrogens with zero attached hydrogens (tertiary/aromatic N) is 1. The van der Waals surface area contributed by atoms with Gasteiger partial charge in [0.25, 0.3) is 5.91 Å². The van der Waals surface area contributed by atoms with Gasteiger partial charge in [-0.1, -0.05) is 4.48 Å². The minimum absolute atomic E-state index is 0.0360. The Balaban J connectivity index is 2.67. The van der Waals surface area contributed by atoms with Crippen LogP contribution in [0, 0.1) is 23.3 Å². The molecule has 160 valence electrons. The van der Waals surface area contributed by atoms with Gasteiger partial charge in [0.15, 0.2) is 23.3 Å². The molecule has 0 fully saturated rings. The van der Waals surface area contributed by atoms with Crippen LogP contribution in [-0.2, 0) is 8.85 Å². The van der Waals surface area contributed by atoms with Crippen LogP contribution < -0.4 is 0 Å². The molecule has 1 amide bonds. The number of carbonyl (C=O) groups excluding carboxylic acids is 1. The summed E-state index contributed by atoms with van der Waals surface area (Å²) < 4.78 is 77.7. The standard InChI is InChI=1S/C17H24F5NO4Si/c1-10(2)26-28(25,27-11(3)4)8-6-5-7-23(22)17(24)12-9-13(18)15(20)16(21)14(12)19/h9-11,25H,5-8H2,1-4H3. The Bertz CT molecular complexity index is 680. The summed E-state index contributed by atoms with van der Waals surface area (Å²) in [7, 11) is -3.50.